The molecular weight excluding hydrogens is 312 g/mol. The van der Waals surface area contributed by atoms with E-state index in [9.17, 15) is 4.79 Å². The molecule has 1 aromatic carbocycles. The van der Waals surface area contributed by atoms with E-state index in [2.05, 4.69) is 54.0 Å². The van der Waals surface area contributed by atoms with Crippen LogP contribution in [0, 0.1) is 6.92 Å². The molecule has 0 bridgehead atoms. The normalized spacial score (nSPS) is 10.5. The number of nitrogens with one attached hydrogen (secondary N) is 1. The van der Waals surface area contributed by atoms with Gasteiger partial charge in [0.25, 0.3) is 0 Å². The molecule has 0 aliphatic rings. The smallest absolute Gasteiger partial charge is 0.317 e. The molecule has 5 heteroatoms. The van der Waals surface area contributed by atoms with Crippen LogP contribution in [0.1, 0.15) is 16.0 Å². The molecule has 2 amide bonds. The molecule has 22 heavy (non-hydrogen) atoms. The van der Waals surface area contributed by atoms with Gasteiger partial charge in [0, 0.05) is 36.5 Å². The molecule has 1 N–H and O–H groups in total. The van der Waals surface area contributed by atoms with Crippen LogP contribution in [0.2, 0.25) is 0 Å². The van der Waals surface area contributed by atoms with Crippen molar-refractivity contribution in [3.63, 3.8) is 0 Å². The van der Waals surface area contributed by atoms with Crippen molar-refractivity contribution in [1.82, 2.24) is 10.2 Å². The second-order valence-corrected chi connectivity index (χ2v) is 7.34. The Hall–Kier alpha value is -1.46. The average Bonchev–Trinajstić information content (AvgIpc) is 3.02. The van der Waals surface area contributed by atoms with Gasteiger partial charge >= 0.3 is 6.03 Å². The van der Waals surface area contributed by atoms with Gasteiger partial charge in [-0.3, -0.25) is 0 Å². The highest BCUT2D eigenvalue weighted by Crippen LogP contribution is 2.16. The SMILES string of the molecule is Cc1ccc(CN(C)C(=O)NCCSCc2cccs2)cc1. The first-order chi connectivity index (χ1) is 10.6. The standard InChI is InChI=1S/C17H22N2OS2/c1-14-5-7-15(8-6-14)12-19(2)17(20)18-9-11-21-13-16-4-3-10-22-16/h3-8,10H,9,11-13H2,1-2H3,(H,18,20). The third-order valence-electron chi connectivity index (χ3n) is 3.23. The Labute approximate surface area is 140 Å². The van der Waals surface area contributed by atoms with Crippen molar-refractivity contribution < 1.29 is 4.79 Å². The molecular formula is C17H22N2OS2. The van der Waals surface area contributed by atoms with Gasteiger partial charge in [0.05, 0.1) is 0 Å². The Balaban J connectivity index is 1.62. The minimum Gasteiger partial charge on any atom is -0.337 e. The Bertz CT molecular complexity index is 567. The number of thioether (sulfide) groups is 1. The topological polar surface area (TPSA) is 32.3 Å². The number of carbonyl (C=O) groups is 1. The van der Waals surface area contributed by atoms with Gasteiger partial charge in [-0.15, -0.1) is 11.3 Å². The number of urea groups is 1. The molecule has 2 aromatic rings. The van der Waals surface area contributed by atoms with E-state index < -0.39 is 0 Å². The van der Waals surface area contributed by atoms with Gasteiger partial charge in [-0.2, -0.15) is 11.8 Å². The summed E-state index contributed by atoms with van der Waals surface area (Å²) in [5.41, 5.74) is 2.38. The number of thiophene rings is 1. The van der Waals surface area contributed by atoms with Crippen LogP contribution < -0.4 is 5.32 Å². The summed E-state index contributed by atoms with van der Waals surface area (Å²) >= 11 is 3.63. The third kappa shape index (κ3) is 5.73. The van der Waals surface area contributed by atoms with E-state index in [0.717, 1.165) is 17.1 Å². The zero-order chi connectivity index (χ0) is 15.8. The summed E-state index contributed by atoms with van der Waals surface area (Å²) < 4.78 is 0. The number of amides is 2. The molecule has 2 rings (SSSR count). The lowest BCUT2D eigenvalue weighted by molar-refractivity contribution is 0.207. The first-order valence-electron chi connectivity index (χ1n) is 7.30. The fourth-order valence-electron chi connectivity index (χ4n) is 1.97. The highest BCUT2D eigenvalue weighted by molar-refractivity contribution is 7.98. The first kappa shape index (κ1) is 16.9. The summed E-state index contributed by atoms with van der Waals surface area (Å²) in [6.07, 6.45) is 0. The number of rotatable bonds is 7. The number of hydrogen-bond donors (Lipinski definition) is 1. The molecule has 0 saturated carbocycles. The molecule has 0 aliphatic carbocycles. The zero-order valence-corrected chi connectivity index (χ0v) is 14.7. The summed E-state index contributed by atoms with van der Waals surface area (Å²) in [5, 5.41) is 5.06. The minimum atomic E-state index is -0.0164. The predicted molar refractivity (Wildman–Crippen MR) is 96.5 cm³/mol. The summed E-state index contributed by atoms with van der Waals surface area (Å²) in [5.74, 6) is 1.95. The van der Waals surface area contributed by atoms with E-state index in [1.54, 1.807) is 16.2 Å². The molecule has 3 nitrogen and oxygen atoms in total. The number of carbonyl (C=O) groups excluding carboxylic acids is 1. The second-order valence-electron chi connectivity index (χ2n) is 5.21. The second kappa shape index (κ2) is 8.86. The monoisotopic (exact) mass is 334 g/mol. The third-order valence-corrected chi connectivity index (χ3v) is 5.30. The van der Waals surface area contributed by atoms with Crippen molar-refractivity contribution in [2.24, 2.45) is 0 Å². The van der Waals surface area contributed by atoms with Crippen molar-refractivity contribution in [3.8, 4) is 0 Å². The molecule has 0 saturated heterocycles. The average molecular weight is 335 g/mol. The molecule has 0 atom stereocenters. The lowest BCUT2D eigenvalue weighted by Crippen LogP contribution is -2.37. The van der Waals surface area contributed by atoms with E-state index in [4.69, 9.17) is 0 Å². The molecule has 118 valence electrons. The summed E-state index contributed by atoms with van der Waals surface area (Å²) in [7, 11) is 1.83. The van der Waals surface area contributed by atoms with Crippen molar-refractivity contribution in [3.05, 3.63) is 57.8 Å². The van der Waals surface area contributed by atoms with Crippen LogP contribution in [-0.2, 0) is 12.3 Å². The summed E-state index contributed by atoms with van der Waals surface area (Å²) in [6, 6.07) is 12.5. The largest absolute Gasteiger partial charge is 0.337 e. The Kier molecular flexibility index (Phi) is 6.80. The van der Waals surface area contributed by atoms with Gasteiger partial charge in [0.15, 0.2) is 0 Å². The molecule has 0 aliphatic heterocycles. The fourth-order valence-corrected chi connectivity index (χ4v) is 3.67. The number of nitrogens with zero attached hydrogens (tertiary/aromatic N) is 1. The highest BCUT2D eigenvalue weighted by Gasteiger charge is 2.08. The Morgan fingerprint density at radius 3 is 2.73 bits per heavy atom. The Morgan fingerprint density at radius 1 is 1.27 bits per heavy atom. The van der Waals surface area contributed by atoms with Crippen LogP contribution in [0.4, 0.5) is 4.79 Å². The molecule has 1 aromatic heterocycles. The van der Waals surface area contributed by atoms with Crippen LogP contribution in [0.3, 0.4) is 0 Å². The summed E-state index contributed by atoms with van der Waals surface area (Å²) in [4.78, 5) is 15.1. The summed E-state index contributed by atoms with van der Waals surface area (Å²) in [6.45, 7) is 3.40. The quantitative estimate of drug-likeness (QED) is 0.772. The lowest BCUT2D eigenvalue weighted by atomic mass is 10.1. The van der Waals surface area contributed by atoms with Crippen LogP contribution in [-0.4, -0.2) is 30.3 Å². The predicted octanol–water partition coefficient (Wildman–Crippen LogP) is 4.13. The van der Waals surface area contributed by atoms with Crippen molar-refractivity contribution in [1.29, 1.82) is 0 Å². The maximum absolute atomic E-state index is 12.0. The van der Waals surface area contributed by atoms with Crippen molar-refractivity contribution >= 4 is 29.1 Å². The van der Waals surface area contributed by atoms with E-state index in [0.29, 0.717) is 13.1 Å². The van der Waals surface area contributed by atoms with Crippen molar-refractivity contribution in [2.45, 2.75) is 19.2 Å². The molecule has 0 fully saturated rings. The van der Waals surface area contributed by atoms with Gasteiger partial charge in [-0.25, -0.2) is 4.79 Å². The zero-order valence-electron chi connectivity index (χ0n) is 13.0. The molecule has 0 spiro atoms. The Morgan fingerprint density at radius 2 is 2.05 bits per heavy atom. The minimum absolute atomic E-state index is 0.0164. The van der Waals surface area contributed by atoms with Crippen LogP contribution in [0.15, 0.2) is 41.8 Å². The highest BCUT2D eigenvalue weighted by atomic mass is 32.2. The van der Waals surface area contributed by atoms with Gasteiger partial charge in [0.2, 0.25) is 0 Å². The number of benzene rings is 1. The van der Waals surface area contributed by atoms with Gasteiger partial charge < -0.3 is 10.2 Å². The van der Waals surface area contributed by atoms with E-state index in [-0.39, 0.29) is 6.03 Å². The van der Waals surface area contributed by atoms with Crippen molar-refractivity contribution in [2.75, 3.05) is 19.3 Å². The van der Waals surface area contributed by atoms with Crippen LogP contribution >= 0.6 is 23.1 Å². The van der Waals surface area contributed by atoms with E-state index >= 15 is 0 Å². The molecule has 1 heterocycles. The fraction of sp³-hybridized carbons (Fsp3) is 0.353. The van der Waals surface area contributed by atoms with Crippen LogP contribution in [0.25, 0.3) is 0 Å². The van der Waals surface area contributed by atoms with Gasteiger partial charge in [0.1, 0.15) is 0 Å². The van der Waals surface area contributed by atoms with E-state index in [1.165, 1.54) is 10.4 Å². The maximum Gasteiger partial charge on any atom is 0.317 e. The van der Waals surface area contributed by atoms with Gasteiger partial charge in [-0.1, -0.05) is 35.9 Å². The first-order valence-corrected chi connectivity index (χ1v) is 9.33. The number of hydrogen-bond acceptors (Lipinski definition) is 3. The molecule has 0 radical (unpaired) electrons. The lowest BCUT2D eigenvalue weighted by Gasteiger charge is -2.18. The maximum atomic E-state index is 12.0. The van der Waals surface area contributed by atoms with Crippen LogP contribution in [0.5, 0.6) is 0 Å². The number of aryl methyl sites for hydroxylation is 1. The van der Waals surface area contributed by atoms with Gasteiger partial charge in [-0.05, 0) is 23.9 Å². The van der Waals surface area contributed by atoms with E-state index in [1.807, 2.05) is 18.8 Å². The molecule has 0 unspecified atom stereocenters.